The van der Waals surface area contributed by atoms with Crippen molar-refractivity contribution in [3.8, 4) is 11.5 Å². The minimum atomic E-state index is -0.570. The molecule has 5 N–H and O–H groups in total. The first-order valence-electron chi connectivity index (χ1n) is 25.2. The summed E-state index contributed by atoms with van der Waals surface area (Å²) in [6, 6.07) is 18.6. The Morgan fingerprint density at radius 3 is 1.21 bits per heavy atom. The summed E-state index contributed by atoms with van der Waals surface area (Å²) in [4.78, 5) is 78.8. The molecule has 3 aromatic rings. The van der Waals surface area contributed by atoms with Gasteiger partial charge in [0, 0.05) is 138 Å². The van der Waals surface area contributed by atoms with Crippen LogP contribution in [0, 0.1) is 20.8 Å². The van der Waals surface area contributed by atoms with Crippen molar-refractivity contribution in [2.24, 2.45) is 0 Å². The summed E-state index contributed by atoms with van der Waals surface area (Å²) in [6.45, 7) is 29.3. The van der Waals surface area contributed by atoms with Crippen LogP contribution in [0.15, 0.2) is 72.8 Å². The third-order valence-corrected chi connectivity index (χ3v) is 10.8. The van der Waals surface area contributed by atoms with Gasteiger partial charge in [-0.3, -0.25) is 29.6 Å². The van der Waals surface area contributed by atoms with Crippen molar-refractivity contribution in [1.82, 2.24) is 29.4 Å². The van der Waals surface area contributed by atoms with E-state index in [1.807, 2.05) is 91.8 Å². The molecule has 3 amide bonds. The Labute approximate surface area is 588 Å². The first-order valence-corrected chi connectivity index (χ1v) is 25.2. The number of nitrogens with two attached hydrogens (primary N) is 1. The van der Waals surface area contributed by atoms with Crippen molar-refractivity contribution in [2.45, 2.75) is 79.1 Å². The van der Waals surface area contributed by atoms with Crippen LogP contribution in [-0.2, 0) is 23.9 Å². The number of carbonyl (C=O) groups excluding carboxylic acids is 4. The van der Waals surface area contributed by atoms with Gasteiger partial charge in [0.1, 0.15) is 47.3 Å². The molecule has 3 heterocycles. The number of nitro groups is 1. The number of aliphatic hydroxyl groups excluding tert-OH is 1. The quantitative estimate of drug-likeness (QED) is 0.0414. The molecule has 0 atom stereocenters. The number of halogens is 1. The van der Waals surface area contributed by atoms with Gasteiger partial charge in [0.2, 0.25) is 0 Å². The van der Waals surface area contributed by atoms with E-state index in [1.165, 1.54) is 0 Å². The van der Waals surface area contributed by atoms with Crippen molar-refractivity contribution in [3.05, 3.63) is 93.6 Å². The van der Waals surface area contributed by atoms with E-state index in [1.54, 1.807) is 39.0 Å². The molecule has 0 aromatic heterocycles. The largest absolute Gasteiger partial charge is 1.00 e. The van der Waals surface area contributed by atoms with Crippen LogP contribution in [0.4, 0.5) is 35.8 Å². The zero-order valence-electron chi connectivity index (χ0n) is 49.4. The molecule has 0 radical (unpaired) electrons. The number of aliphatic hydroxyl groups is 1. The number of hydrogen-bond acceptors (Lipinski definition) is 20. The fraction of sp³-hybridized carbons (Fsp3) is 0.577. The number of hydrogen-bond donors (Lipinski definition) is 3. The van der Waals surface area contributed by atoms with E-state index in [-0.39, 0.29) is 182 Å². The zero-order chi connectivity index (χ0) is 57.6. The number of benzene rings is 3. The van der Waals surface area contributed by atoms with Crippen LogP contribution >= 0.6 is 0 Å². The van der Waals surface area contributed by atoms with Crippen LogP contribution in [0.1, 0.15) is 63.7 Å². The number of amides is 3. The first-order chi connectivity index (χ1) is 36.2. The fourth-order valence-electron chi connectivity index (χ4n) is 6.91. The Morgan fingerprint density at radius 2 is 0.938 bits per heavy atom. The predicted molar refractivity (Wildman–Crippen MR) is 285 cm³/mol. The van der Waals surface area contributed by atoms with E-state index < -0.39 is 27.5 Å². The standard InChI is InChI=1S/C17H25N3O4.C17H27N3O3.C11H22N2O3.C6H4FNO2.CH2O3.2Cs.H2O.H/c1-17(2,3)24-16(21)20-10-8-19(9-11-20)12-13-23-15-6-4-14(18-22)5-7-15;1-17(2,3)23-16(21)20-10-8-19(9-11-20)12-13-22-15-6-4-14(18)5-7-15;1-11(2,3)16-10(15)13-6-4-12(5-7-13)8-9-14;7-5-1-3-6(4-2-5)8(9)10;2-1-4-3;;;;/h4-7H,8-13H2,1-3H3;4-7H,8-13,18H2,1-3H3;14H,4-9H2,1-3H3;1-4H;1,3H;;;1H2;/q;;;;;2*+1;;-1/p-1. The predicted octanol–water partition coefficient (Wildman–Crippen LogP) is -2.06. The molecule has 25 nitrogen and oxygen atoms in total. The molecule has 0 bridgehead atoms. The van der Waals surface area contributed by atoms with Crippen molar-refractivity contribution < 1.29 is 217 Å². The maximum atomic E-state index is 12.1. The number of nitrogen functional groups attached to an aromatic ring is 1. The molecule has 28 heteroatoms. The molecule has 6 rings (SSSR count). The third-order valence-electron chi connectivity index (χ3n) is 10.8. The van der Waals surface area contributed by atoms with Crippen LogP contribution in [0.2, 0.25) is 0 Å². The molecule has 0 unspecified atom stereocenters. The van der Waals surface area contributed by atoms with Crippen molar-refractivity contribution in [1.29, 1.82) is 0 Å². The van der Waals surface area contributed by atoms with E-state index in [9.17, 15) is 33.8 Å². The molecule has 80 heavy (non-hydrogen) atoms. The van der Waals surface area contributed by atoms with E-state index >= 15 is 0 Å². The van der Waals surface area contributed by atoms with Gasteiger partial charge in [-0.05, 0) is 111 Å². The van der Waals surface area contributed by atoms with Crippen LogP contribution in [0.3, 0.4) is 0 Å². The molecule has 3 aromatic carbocycles. The first kappa shape index (κ1) is 79.2. The number of β-amino-alcohol motifs (C(OH)–C–C–N with tert-alkyl or cyclic N) is 1. The number of ether oxygens (including phenoxy) is 5. The summed E-state index contributed by atoms with van der Waals surface area (Å²) in [5.74, 6) is 1.10. The smallest absolute Gasteiger partial charge is 1.00 e. The number of non-ortho nitro benzene ring substituents is 1. The molecular formula is C52H82Cs2FN9O16. The number of rotatable bonds is 13. The van der Waals surface area contributed by atoms with Crippen LogP contribution < -0.4 is 163 Å². The zero-order valence-corrected chi connectivity index (χ0v) is 61.0. The molecule has 3 fully saturated rings. The van der Waals surface area contributed by atoms with Gasteiger partial charge in [-0.25, -0.2) is 18.8 Å². The van der Waals surface area contributed by atoms with E-state index in [4.69, 9.17) is 44.6 Å². The SMILES string of the molecule is CC(C)(C)OC(=O)N1CCN(CCO)CC1.CC(C)(C)OC(=O)N1CCN(CCOc2ccc(N)cc2)CC1.CC(C)(C)OC(=O)N1CCN(CCOc2ccc([NH+]=O)cc2)CC1.O=CO[O-].O=[N+]([O-])c1ccc(F)cc1.[Cs+].[Cs+].[H-].[OH-]. The normalized spacial score (nSPS) is 14.6. The number of nitro benzene ring substituents is 1. The number of nitroso groups, excluding NO2 is 1. The Hall–Kier alpha value is -2.87. The number of piperazine rings is 3. The number of nitrogens with one attached hydrogen (secondary N) is 1. The number of nitrogens with zero attached hydrogens (tertiary/aromatic N) is 7. The summed E-state index contributed by atoms with van der Waals surface area (Å²) in [5.41, 5.74) is 5.46. The summed E-state index contributed by atoms with van der Waals surface area (Å²) < 4.78 is 39.6. The second kappa shape index (κ2) is 42.0. The second-order valence-electron chi connectivity index (χ2n) is 20.5. The number of carbonyl (C=O) groups is 4. The van der Waals surface area contributed by atoms with Gasteiger partial charge >= 0.3 is 156 Å². The minimum absolute atomic E-state index is 0. The Balaban J connectivity index is -0.000000997. The molecule has 3 aliphatic rings. The molecular weight excluding hydrogens is 1290 g/mol. The molecule has 3 aliphatic heterocycles. The van der Waals surface area contributed by atoms with Crippen molar-refractivity contribution in [2.75, 3.05) is 124 Å². The average molecular weight is 1370 g/mol. The Bertz CT molecular complexity index is 2210. The van der Waals surface area contributed by atoms with Gasteiger partial charge < -0.3 is 66.3 Å². The van der Waals surface area contributed by atoms with Gasteiger partial charge in [-0.15, -0.1) is 0 Å². The van der Waals surface area contributed by atoms with Crippen molar-refractivity contribution in [3.63, 3.8) is 0 Å². The van der Waals surface area contributed by atoms with Crippen LogP contribution in [0.25, 0.3) is 0 Å². The summed E-state index contributed by atoms with van der Waals surface area (Å²) in [6.07, 6.45) is -0.711. The topological polar surface area (TPSA) is 317 Å². The molecule has 0 aliphatic carbocycles. The third kappa shape index (κ3) is 36.7. The van der Waals surface area contributed by atoms with Gasteiger partial charge in [-0.2, -0.15) is 0 Å². The van der Waals surface area contributed by atoms with Crippen LogP contribution in [0.5, 0.6) is 11.5 Å². The Kier molecular flexibility index (Phi) is 41.6. The maximum absolute atomic E-state index is 12.1. The molecule has 3 saturated heterocycles. The Morgan fingerprint density at radius 1 is 0.625 bits per heavy atom. The van der Waals surface area contributed by atoms with E-state index in [2.05, 4.69) is 19.6 Å². The average Bonchev–Trinajstić information content (AvgIpc) is 3.37. The summed E-state index contributed by atoms with van der Waals surface area (Å²) in [7, 11) is 0. The molecule has 0 spiro atoms. The van der Waals surface area contributed by atoms with E-state index in [0.717, 1.165) is 93.8 Å². The summed E-state index contributed by atoms with van der Waals surface area (Å²) in [5, 5.41) is 29.1. The fourth-order valence-corrected chi connectivity index (χ4v) is 6.91. The monoisotopic (exact) mass is 1370 g/mol. The number of anilines is 1. The van der Waals surface area contributed by atoms with Gasteiger partial charge in [0.15, 0.2) is 0 Å². The summed E-state index contributed by atoms with van der Waals surface area (Å²) >= 11 is 0. The van der Waals surface area contributed by atoms with Crippen molar-refractivity contribution >= 4 is 41.8 Å². The van der Waals surface area contributed by atoms with Crippen LogP contribution in [-0.4, -0.2) is 204 Å². The van der Waals surface area contributed by atoms with Gasteiger partial charge in [0.05, 0.1) is 11.5 Å². The van der Waals surface area contributed by atoms with Gasteiger partial charge in [-0.1, -0.05) is 0 Å². The van der Waals surface area contributed by atoms with E-state index in [0.29, 0.717) is 64.7 Å². The molecule has 0 saturated carbocycles. The second-order valence-corrected chi connectivity index (χ2v) is 20.5. The maximum Gasteiger partial charge on any atom is 1.00 e. The minimum Gasteiger partial charge on any atom is -1.00 e. The molecule has 440 valence electrons. The van der Waals surface area contributed by atoms with Gasteiger partial charge in [0.25, 0.3) is 17.8 Å².